The Bertz CT molecular complexity index is 1130. The summed E-state index contributed by atoms with van der Waals surface area (Å²) >= 11 is 1.28. The second-order valence-electron chi connectivity index (χ2n) is 6.36. The number of carbonyl (C=O) groups excluding carboxylic acids is 1. The normalized spacial score (nSPS) is 13.6. The first-order chi connectivity index (χ1) is 14.3. The summed E-state index contributed by atoms with van der Waals surface area (Å²) in [6.45, 7) is 0.531. The number of carbonyl (C=O) groups is 1. The Morgan fingerprint density at radius 3 is 2.93 bits per heavy atom. The summed E-state index contributed by atoms with van der Waals surface area (Å²) in [6.07, 6.45) is -1.35. The van der Waals surface area contributed by atoms with Crippen LogP contribution < -0.4 is 4.74 Å². The fraction of sp³-hybridized carbons (Fsp3) is 0.278. The highest BCUT2D eigenvalue weighted by molar-refractivity contribution is 7.15. The number of hydrogen-bond donors (Lipinski definition) is 0. The zero-order chi connectivity index (χ0) is 21.3. The van der Waals surface area contributed by atoms with E-state index in [0.29, 0.717) is 35.7 Å². The van der Waals surface area contributed by atoms with Crippen molar-refractivity contribution < 1.29 is 27.2 Å². The molecule has 30 heavy (non-hydrogen) atoms. The quantitative estimate of drug-likeness (QED) is 0.620. The molecule has 0 aromatic carbocycles. The summed E-state index contributed by atoms with van der Waals surface area (Å²) in [5.41, 5.74) is 1.14. The highest BCUT2D eigenvalue weighted by atomic mass is 32.1. The van der Waals surface area contributed by atoms with Gasteiger partial charge in [-0.25, -0.2) is 0 Å². The van der Waals surface area contributed by atoms with E-state index in [9.17, 15) is 18.0 Å². The number of rotatable bonds is 4. The average molecular weight is 435 g/mol. The number of nitriles is 1. The fourth-order valence-electron chi connectivity index (χ4n) is 2.89. The van der Waals surface area contributed by atoms with Crippen LogP contribution in [-0.2, 0) is 23.9 Å². The summed E-state index contributed by atoms with van der Waals surface area (Å²) in [4.78, 5) is 22.7. The van der Waals surface area contributed by atoms with Crippen molar-refractivity contribution in [1.82, 2.24) is 20.0 Å². The molecule has 3 aromatic heterocycles. The van der Waals surface area contributed by atoms with Gasteiger partial charge in [-0.3, -0.25) is 9.78 Å². The molecule has 3 aromatic rings. The zero-order valence-corrected chi connectivity index (χ0v) is 16.0. The van der Waals surface area contributed by atoms with E-state index < -0.39 is 12.1 Å². The van der Waals surface area contributed by atoms with Gasteiger partial charge in [0.15, 0.2) is 6.61 Å². The fourth-order valence-corrected chi connectivity index (χ4v) is 3.98. The molecule has 0 radical (unpaired) electrons. The van der Waals surface area contributed by atoms with Crippen molar-refractivity contribution in [3.05, 3.63) is 46.4 Å². The van der Waals surface area contributed by atoms with Crippen molar-refractivity contribution in [1.29, 1.82) is 5.26 Å². The minimum absolute atomic E-state index is 0.132. The second kappa shape index (κ2) is 7.75. The van der Waals surface area contributed by atoms with Crippen molar-refractivity contribution in [2.24, 2.45) is 0 Å². The van der Waals surface area contributed by atoms with Crippen LogP contribution in [0.2, 0.25) is 0 Å². The molecule has 8 nitrogen and oxygen atoms in total. The Morgan fingerprint density at radius 1 is 1.37 bits per heavy atom. The number of fused-ring (bicyclic) bond motifs is 1. The van der Waals surface area contributed by atoms with E-state index in [1.165, 1.54) is 29.8 Å². The minimum Gasteiger partial charge on any atom is -0.482 e. The minimum atomic E-state index is -4.70. The molecule has 4 heterocycles. The van der Waals surface area contributed by atoms with Gasteiger partial charge in [-0.15, -0.1) is 11.3 Å². The number of ether oxygens (including phenoxy) is 1. The third-order valence-corrected chi connectivity index (χ3v) is 5.55. The van der Waals surface area contributed by atoms with Crippen LogP contribution in [0, 0.1) is 11.3 Å². The van der Waals surface area contributed by atoms with E-state index in [2.05, 4.69) is 19.6 Å². The van der Waals surface area contributed by atoms with Gasteiger partial charge in [-0.05, 0) is 18.1 Å². The van der Waals surface area contributed by atoms with Crippen molar-refractivity contribution in [3.63, 3.8) is 0 Å². The van der Waals surface area contributed by atoms with Crippen LogP contribution in [0.3, 0.4) is 0 Å². The predicted octanol–water partition coefficient (Wildman–Crippen LogP) is 3.05. The van der Waals surface area contributed by atoms with Crippen LogP contribution in [0.1, 0.15) is 21.9 Å². The van der Waals surface area contributed by atoms with Gasteiger partial charge in [0.2, 0.25) is 5.82 Å². The number of alkyl halides is 3. The molecule has 1 amide bonds. The smallest absolute Gasteiger partial charge is 0.471 e. The molecule has 0 spiro atoms. The second-order valence-corrected chi connectivity index (χ2v) is 7.49. The van der Waals surface area contributed by atoms with Crippen molar-refractivity contribution in [3.8, 4) is 22.5 Å². The topological polar surface area (TPSA) is 105 Å². The van der Waals surface area contributed by atoms with Crippen LogP contribution in [0.15, 0.2) is 29.0 Å². The molecule has 0 bridgehead atoms. The van der Waals surface area contributed by atoms with Gasteiger partial charge in [0.05, 0.1) is 16.6 Å². The maximum atomic E-state index is 12.7. The Balaban J connectivity index is 1.41. The van der Waals surface area contributed by atoms with Gasteiger partial charge in [-0.2, -0.15) is 23.4 Å². The van der Waals surface area contributed by atoms with Crippen LogP contribution in [0.4, 0.5) is 13.2 Å². The maximum absolute atomic E-state index is 12.7. The highest BCUT2D eigenvalue weighted by Gasteiger charge is 2.38. The largest absolute Gasteiger partial charge is 0.482 e. The molecule has 1 aliphatic rings. The molecule has 0 saturated carbocycles. The number of aromatic nitrogens is 3. The first-order valence-electron chi connectivity index (χ1n) is 8.62. The van der Waals surface area contributed by atoms with E-state index in [1.54, 1.807) is 11.0 Å². The zero-order valence-electron chi connectivity index (χ0n) is 15.1. The third kappa shape index (κ3) is 4.11. The molecular formula is C18H12F3N5O3S. The van der Waals surface area contributed by atoms with E-state index in [1.807, 2.05) is 6.07 Å². The molecule has 0 unspecified atom stereocenters. The predicted molar refractivity (Wildman–Crippen MR) is 96.2 cm³/mol. The van der Waals surface area contributed by atoms with Gasteiger partial charge in [-0.1, -0.05) is 5.16 Å². The number of amides is 1. The number of thiophene rings is 1. The third-order valence-electron chi connectivity index (χ3n) is 4.31. The molecule has 12 heteroatoms. The van der Waals surface area contributed by atoms with E-state index >= 15 is 0 Å². The van der Waals surface area contributed by atoms with E-state index in [4.69, 9.17) is 10.00 Å². The maximum Gasteiger partial charge on any atom is 0.471 e. The van der Waals surface area contributed by atoms with Gasteiger partial charge in [0.1, 0.15) is 11.8 Å². The lowest BCUT2D eigenvalue weighted by Gasteiger charge is -2.26. The first-order valence-corrected chi connectivity index (χ1v) is 9.43. The molecule has 4 rings (SSSR count). The number of pyridine rings is 1. The highest BCUT2D eigenvalue weighted by Crippen LogP contribution is 2.35. The Hall–Kier alpha value is -3.46. The van der Waals surface area contributed by atoms with Gasteiger partial charge < -0.3 is 14.2 Å². The number of halogens is 3. The van der Waals surface area contributed by atoms with Crippen molar-refractivity contribution >= 4 is 17.2 Å². The van der Waals surface area contributed by atoms with Crippen molar-refractivity contribution in [2.75, 3.05) is 13.2 Å². The standard InChI is InChI=1S/C18H12F3N5O3S/c19-18(20,21)17-24-16(25-29-17)14-4-11-8-26(2-1-13(11)30-14)15(27)9-28-12-3-10(5-22)6-23-7-12/h3-4,6-7H,1-2,8-9H2. The molecule has 0 aliphatic carbocycles. The molecular weight excluding hydrogens is 423 g/mol. The van der Waals surface area contributed by atoms with Gasteiger partial charge in [0, 0.05) is 30.2 Å². The van der Waals surface area contributed by atoms with Crippen LogP contribution in [0.5, 0.6) is 5.75 Å². The molecule has 0 atom stereocenters. The Kier molecular flexibility index (Phi) is 5.13. The van der Waals surface area contributed by atoms with Gasteiger partial charge in [0.25, 0.3) is 5.91 Å². The molecule has 0 N–H and O–H groups in total. The van der Waals surface area contributed by atoms with Crippen LogP contribution in [-0.4, -0.2) is 39.1 Å². The summed E-state index contributed by atoms with van der Waals surface area (Å²) in [5.74, 6) is -1.47. The summed E-state index contributed by atoms with van der Waals surface area (Å²) in [5, 5.41) is 12.3. The SMILES string of the molecule is N#Cc1cncc(OCC(=O)N2CCc3sc(-c4noc(C(F)(F)F)n4)cc3C2)c1. The molecule has 1 aliphatic heterocycles. The Labute approximate surface area is 171 Å². The van der Waals surface area contributed by atoms with Crippen molar-refractivity contribution in [2.45, 2.75) is 19.1 Å². The lowest BCUT2D eigenvalue weighted by molar-refractivity contribution is -0.159. The van der Waals surface area contributed by atoms with E-state index in [-0.39, 0.29) is 18.3 Å². The molecule has 154 valence electrons. The average Bonchev–Trinajstić information content (AvgIpc) is 3.38. The summed E-state index contributed by atoms with van der Waals surface area (Å²) in [7, 11) is 0. The molecule has 0 fully saturated rings. The van der Waals surface area contributed by atoms with E-state index in [0.717, 1.165) is 10.4 Å². The first kappa shape index (κ1) is 19.8. The lowest BCUT2D eigenvalue weighted by atomic mass is 10.1. The van der Waals surface area contributed by atoms with Crippen LogP contribution >= 0.6 is 11.3 Å². The Morgan fingerprint density at radius 2 is 2.20 bits per heavy atom. The van der Waals surface area contributed by atoms with Crippen LogP contribution in [0.25, 0.3) is 10.7 Å². The molecule has 0 saturated heterocycles. The monoisotopic (exact) mass is 435 g/mol. The summed E-state index contributed by atoms with van der Waals surface area (Å²) in [6, 6.07) is 5.10. The van der Waals surface area contributed by atoms with Gasteiger partial charge >= 0.3 is 12.1 Å². The lowest BCUT2D eigenvalue weighted by Crippen LogP contribution is -2.38. The summed E-state index contributed by atoms with van der Waals surface area (Å²) < 4.78 is 47.7. The number of hydrogen-bond acceptors (Lipinski definition) is 8. The number of nitrogens with zero attached hydrogens (tertiary/aromatic N) is 5.